The Morgan fingerprint density at radius 3 is 3.00 bits per heavy atom. The van der Waals surface area contributed by atoms with E-state index in [1.54, 1.807) is 6.92 Å². The summed E-state index contributed by atoms with van der Waals surface area (Å²) in [6, 6.07) is 7.72. The molecule has 2 aromatic rings. The number of hydrogen-bond acceptors (Lipinski definition) is 5. The van der Waals surface area contributed by atoms with Gasteiger partial charge in [-0.15, -0.1) is 0 Å². The normalized spacial score (nSPS) is 10.2. The van der Waals surface area contributed by atoms with Gasteiger partial charge in [-0.3, -0.25) is 5.10 Å². The second kappa shape index (κ2) is 5.43. The van der Waals surface area contributed by atoms with Crippen LogP contribution in [0.4, 0.5) is 17.3 Å². The number of aromatic amines is 1. The van der Waals surface area contributed by atoms with Crippen LogP contribution in [0.3, 0.4) is 0 Å². The van der Waals surface area contributed by atoms with Gasteiger partial charge in [0.25, 0.3) is 0 Å². The Morgan fingerprint density at radius 1 is 1.53 bits per heavy atom. The zero-order valence-corrected chi connectivity index (χ0v) is 10.9. The van der Waals surface area contributed by atoms with E-state index in [4.69, 9.17) is 10.5 Å². The largest absolute Gasteiger partial charge is 0.462 e. The molecule has 0 saturated heterocycles. The molecule has 0 aliphatic rings. The van der Waals surface area contributed by atoms with Gasteiger partial charge in [-0.2, -0.15) is 5.10 Å². The Labute approximate surface area is 111 Å². The van der Waals surface area contributed by atoms with Crippen LogP contribution >= 0.6 is 0 Å². The maximum Gasteiger partial charge on any atom is 0.345 e. The van der Waals surface area contributed by atoms with E-state index < -0.39 is 5.97 Å². The monoisotopic (exact) mass is 260 g/mol. The molecular weight excluding hydrogens is 244 g/mol. The average Bonchev–Trinajstić information content (AvgIpc) is 2.71. The first kappa shape index (κ1) is 12.9. The van der Waals surface area contributed by atoms with Gasteiger partial charge in [-0.25, -0.2) is 4.79 Å². The van der Waals surface area contributed by atoms with Crippen LogP contribution in [-0.2, 0) is 4.74 Å². The Hall–Kier alpha value is -2.50. The van der Waals surface area contributed by atoms with Crippen LogP contribution in [-0.4, -0.2) is 22.8 Å². The summed E-state index contributed by atoms with van der Waals surface area (Å²) in [7, 11) is 0. The highest BCUT2D eigenvalue weighted by Gasteiger charge is 2.20. The third-order valence-corrected chi connectivity index (χ3v) is 2.55. The number of ether oxygens (including phenoxy) is 1. The van der Waals surface area contributed by atoms with Crippen LogP contribution in [0.1, 0.15) is 22.8 Å². The number of carbonyl (C=O) groups excluding carboxylic acids is 1. The lowest BCUT2D eigenvalue weighted by molar-refractivity contribution is 0.0529. The van der Waals surface area contributed by atoms with Gasteiger partial charge in [0.1, 0.15) is 11.4 Å². The number of nitrogens with zero attached hydrogens (tertiary/aromatic N) is 1. The maximum atomic E-state index is 11.8. The molecule has 100 valence electrons. The molecule has 6 heteroatoms. The summed E-state index contributed by atoms with van der Waals surface area (Å²) < 4.78 is 4.95. The molecule has 4 N–H and O–H groups in total. The predicted octanol–water partition coefficient (Wildman–Crippen LogP) is 2.22. The van der Waals surface area contributed by atoms with Crippen LogP contribution < -0.4 is 11.1 Å². The number of nitrogens with one attached hydrogen (secondary N) is 2. The van der Waals surface area contributed by atoms with Crippen LogP contribution in [0.2, 0.25) is 0 Å². The smallest absolute Gasteiger partial charge is 0.345 e. The second-order valence-electron chi connectivity index (χ2n) is 4.08. The van der Waals surface area contributed by atoms with E-state index in [9.17, 15) is 4.79 Å². The Kier molecular flexibility index (Phi) is 3.70. The second-order valence-corrected chi connectivity index (χ2v) is 4.08. The lowest BCUT2D eigenvalue weighted by atomic mass is 10.2. The van der Waals surface area contributed by atoms with E-state index in [1.807, 2.05) is 31.2 Å². The molecule has 0 bridgehead atoms. The molecule has 0 fully saturated rings. The van der Waals surface area contributed by atoms with Crippen LogP contribution in [0.15, 0.2) is 24.3 Å². The highest BCUT2D eigenvalue weighted by atomic mass is 16.5. The van der Waals surface area contributed by atoms with Crippen molar-refractivity contribution in [3.63, 3.8) is 0 Å². The number of nitrogen functional groups attached to an aromatic ring is 1. The molecule has 0 aliphatic carbocycles. The molecule has 0 spiro atoms. The minimum Gasteiger partial charge on any atom is -0.462 e. The van der Waals surface area contributed by atoms with E-state index in [0.29, 0.717) is 5.82 Å². The topological polar surface area (TPSA) is 93.0 Å². The van der Waals surface area contributed by atoms with Gasteiger partial charge >= 0.3 is 5.97 Å². The standard InChI is InChI=1S/C13H16N4O2/c1-3-19-13(18)10-11(14)16-17-12(10)15-9-6-4-5-8(2)7-9/h4-7H,3H2,1-2H3,(H4,14,15,16,17). The summed E-state index contributed by atoms with van der Waals surface area (Å²) in [5.41, 5.74) is 7.86. The molecule has 0 saturated carbocycles. The molecule has 1 aromatic heterocycles. The van der Waals surface area contributed by atoms with Crippen molar-refractivity contribution in [3.8, 4) is 0 Å². The summed E-state index contributed by atoms with van der Waals surface area (Å²) in [6.45, 7) is 4.01. The van der Waals surface area contributed by atoms with Crippen molar-refractivity contribution in [3.05, 3.63) is 35.4 Å². The van der Waals surface area contributed by atoms with Gasteiger partial charge in [0.2, 0.25) is 0 Å². The van der Waals surface area contributed by atoms with Gasteiger partial charge in [0, 0.05) is 5.69 Å². The molecule has 0 aliphatic heterocycles. The van der Waals surface area contributed by atoms with E-state index in [0.717, 1.165) is 11.3 Å². The first-order valence-electron chi connectivity index (χ1n) is 5.96. The number of benzene rings is 1. The Morgan fingerprint density at radius 2 is 2.32 bits per heavy atom. The quantitative estimate of drug-likeness (QED) is 0.733. The number of aryl methyl sites for hydroxylation is 1. The van der Waals surface area contributed by atoms with Gasteiger partial charge < -0.3 is 15.8 Å². The molecule has 19 heavy (non-hydrogen) atoms. The molecule has 2 rings (SSSR count). The summed E-state index contributed by atoms with van der Waals surface area (Å²) in [4.78, 5) is 11.8. The number of aromatic nitrogens is 2. The molecule has 0 unspecified atom stereocenters. The minimum absolute atomic E-state index is 0.189. The molecule has 1 heterocycles. The van der Waals surface area contributed by atoms with Crippen molar-refractivity contribution in [2.24, 2.45) is 0 Å². The zero-order chi connectivity index (χ0) is 13.8. The molecule has 0 atom stereocenters. The summed E-state index contributed by atoms with van der Waals surface area (Å²) in [6.07, 6.45) is 0. The van der Waals surface area contributed by atoms with E-state index in [-0.39, 0.29) is 18.0 Å². The number of hydrogen-bond donors (Lipinski definition) is 3. The molecule has 0 radical (unpaired) electrons. The first-order valence-corrected chi connectivity index (χ1v) is 5.96. The third-order valence-electron chi connectivity index (χ3n) is 2.55. The number of rotatable bonds is 4. The van der Waals surface area contributed by atoms with Crippen molar-refractivity contribution in [1.29, 1.82) is 0 Å². The van der Waals surface area contributed by atoms with Gasteiger partial charge in [0.05, 0.1) is 6.61 Å². The van der Waals surface area contributed by atoms with Crippen molar-refractivity contribution >= 4 is 23.3 Å². The summed E-state index contributed by atoms with van der Waals surface area (Å²) >= 11 is 0. The van der Waals surface area contributed by atoms with Crippen LogP contribution in [0, 0.1) is 6.92 Å². The highest BCUT2D eigenvalue weighted by molar-refractivity contribution is 6.00. The molecule has 6 nitrogen and oxygen atoms in total. The number of nitrogens with two attached hydrogens (primary N) is 1. The third kappa shape index (κ3) is 2.85. The van der Waals surface area contributed by atoms with E-state index in [2.05, 4.69) is 15.5 Å². The van der Waals surface area contributed by atoms with Gasteiger partial charge in [-0.1, -0.05) is 12.1 Å². The number of H-pyrrole nitrogens is 1. The Bertz CT molecular complexity index is 592. The van der Waals surface area contributed by atoms with Crippen LogP contribution in [0.25, 0.3) is 0 Å². The van der Waals surface area contributed by atoms with Crippen molar-refractivity contribution in [2.45, 2.75) is 13.8 Å². The van der Waals surface area contributed by atoms with Gasteiger partial charge in [-0.05, 0) is 31.5 Å². The molecule has 0 amide bonds. The highest BCUT2D eigenvalue weighted by Crippen LogP contribution is 2.24. The molecule has 1 aromatic carbocycles. The Balaban J connectivity index is 2.28. The van der Waals surface area contributed by atoms with Crippen LogP contribution in [0.5, 0.6) is 0 Å². The fourth-order valence-corrected chi connectivity index (χ4v) is 1.72. The number of carbonyl (C=O) groups is 1. The lowest BCUT2D eigenvalue weighted by Gasteiger charge is -2.06. The summed E-state index contributed by atoms with van der Waals surface area (Å²) in [5.74, 6) is 0.0547. The maximum absolute atomic E-state index is 11.8. The number of esters is 1. The van der Waals surface area contributed by atoms with Crippen molar-refractivity contribution in [2.75, 3.05) is 17.7 Å². The van der Waals surface area contributed by atoms with E-state index >= 15 is 0 Å². The van der Waals surface area contributed by atoms with Gasteiger partial charge in [0.15, 0.2) is 5.82 Å². The fraction of sp³-hybridized carbons (Fsp3) is 0.231. The first-order chi connectivity index (χ1) is 9.11. The average molecular weight is 260 g/mol. The van der Waals surface area contributed by atoms with Crippen molar-refractivity contribution < 1.29 is 9.53 Å². The lowest BCUT2D eigenvalue weighted by Crippen LogP contribution is -2.09. The zero-order valence-electron chi connectivity index (χ0n) is 10.9. The summed E-state index contributed by atoms with van der Waals surface area (Å²) in [5, 5.41) is 9.61. The fourth-order valence-electron chi connectivity index (χ4n) is 1.72. The molecular formula is C13H16N4O2. The van der Waals surface area contributed by atoms with E-state index in [1.165, 1.54) is 0 Å². The predicted molar refractivity (Wildman–Crippen MR) is 73.4 cm³/mol. The minimum atomic E-state index is -0.496. The number of anilines is 3. The van der Waals surface area contributed by atoms with Crippen molar-refractivity contribution in [1.82, 2.24) is 10.2 Å². The SMILES string of the molecule is CCOC(=O)c1c(Nc2cccc(C)c2)n[nH]c1N.